The fourth-order valence-electron chi connectivity index (χ4n) is 3.14. The van der Waals surface area contributed by atoms with Gasteiger partial charge in [0.15, 0.2) is 0 Å². The van der Waals surface area contributed by atoms with Gasteiger partial charge in [-0.1, -0.05) is 19.3 Å². The van der Waals surface area contributed by atoms with E-state index in [1.165, 1.54) is 19.3 Å². The lowest BCUT2D eigenvalue weighted by molar-refractivity contribution is 0.191. The molecule has 2 fully saturated rings. The van der Waals surface area contributed by atoms with Crippen molar-refractivity contribution in [3.8, 4) is 0 Å². The fraction of sp³-hybridized carbons (Fsp3) is 0.389. The standard InChI is InChI=1S/C15H15N5O2.C3H6/c21-15(22)19-10-3-6-20(8-10)14-12-9(1-4-17-14)7-18-13-11(12)2-5-16-13;1-2-3-1/h1-2,4-5,7,10,19H,3,6,8H2,(H,16,18)(H,21,22);1-3H2. The van der Waals surface area contributed by atoms with E-state index in [-0.39, 0.29) is 6.04 Å². The monoisotopic (exact) mass is 339 g/mol. The predicted octanol–water partition coefficient (Wildman–Crippen LogP) is 3.13. The Labute approximate surface area is 145 Å². The van der Waals surface area contributed by atoms with Gasteiger partial charge in [-0.3, -0.25) is 0 Å². The number of nitrogens with zero attached hydrogens (tertiary/aromatic N) is 3. The van der Waals surface area contributed by atoms with Gasteiger partial charge in [-0.05, 0) is 18.6 Å². The maximum Gasteiger partial charge on any atom is 0.404 e. The maximum absolute atomic E-state index is 10.8. The SMILES string of the molecule is C1CC1.O=C(O)NC1CCN(c2nccc3cnc4[nH]ccc4c23)C1. The third-order valence-electron chi connectivity index (χ3n) is 4.46. The van der Waals surface area contributed by atoms with Crippen molar-refractivity contribution in [3.63, 3.8) is 0 Å². The van der Waals surface area contributed by atoms with E-state index in [4.69, 9.17) is 5.11 Å². The van der Waals surface area contributed by atoms with Crippen molar-refractivity contribution in [2.75, 3.05) is 18.0 Å². The topological polar surface area (TPSA) is 94.1 Å². The van der Waals surface area contributed by atoms with E-state index < -0.39 is 6.09 Å². The second-order valence-corrected chi connectivity index (χ2v) is 6.54. The van der Waals surface area contributed by atoms with Crippen LogP contribution in [0.2, 0.25) is 0 Å². The number of carboxylic acid groups (broad SMARTS) is 1. The van der Waals surface area contributed by atoms with E-state index in [0.717, 1.165) is 40.6 Å². The molecule has 0 radical (unpaired) electrons. The number of aromatic nitrogens is 3. The van der Waals surface area contributed by atoms with Gasteiger partial charge >= 0.3 is 6.09 Å². The normalized spacial score (nSPS) is 18.9. The van der Waals surface area contributed by atoms with E-state index >= 15 is 0 Å². The second kappa shape index (κ2) is 6.58. The number of aromatic amines is 1. The van der Waals surface area contributed by atoms with Crippen LogP contribution in [-0.2, 0) is 0 Å². The Hall–Kier alpha value is -2.83. The number of rotatable bonds is 2. The minimum Gasteiger partial charge on any atom is -0.465 e. The van der Waals surface area contributed by atoms with Crippen molar-refractivity contribution in [2.24, 2.45) is 0 Å². The van der Waals surface area contributed by atoms with E-state index in [1.54, 1.807) is 6.20 Å². The van der Waals surface area contributed by atoms with Crippen LogP contribution in [0.25, 0.3) is 21.8 Å². The highest BCUT2D eigenvalue weighted by atomic mass is 16.4. The average Bonchev–Trinajstić information content (AvgIpc) is 3.29. The van der Waals surface area contributed by atoms with Crippen molar-refractivity contribution >= 4 is 33.7 Å². The van der Waals surface area contributed by atoms with Crippen LogP contribution in [0, 0.1) is 0 Å². The van der Waals surface area contributed by atoms with E-state index in [9.17, 15) is 4.79 Å². The lowest BCUT2D eigenvalue weighted by atomic mass is 10.1. The number of anilines is 1. The summed E-state index contributed by atoms with van der Waals surface area (Å²) < 4.78 is 0. The predicted molar refractivity (Wildman–Crippen MR) is 97.0 cm³/mol. The molecular weight excluding hydrogens is 318 g/mol. The molecule has 130 valence electrons. The molecule has 1 atom stereocenters. The third-order valence-corrected chi connectivity index (χ3v) is 4.46. The van der Waals surface area contributed by atoms with Crippen LogP contribution in [-0.4, -0.2) is 45.3 Å². The summed E-state index contributed by atoms with van der Waals surface area (Å²) in [6.45, 7) is 1.41. The van der Waals surface area contributed by atoms with Crippen molar-refractivity contribution in [1.82, 2.24) is 20.3 Å². The molecule has 3 aromatic rings. The number of pyridine rings is 2. The van der Waals surface area contributed by atoms with Gasteiger partial charge in [-0.15, -0.1) is 0 Å². The summed E-state index contributed by atoms with van der Waals surface area (Å²) in [7, 11) is 0. The number of carbonyl (C=O) groups is 1. The molecule has 0 bridgehead atoms. The van der Waals surface area contributed by atoms with Crippen molar-refractivity contribution < 1.29 is 9.90 Å². The van der Waals surface area contributed by atoms with Crippen LogP contribution < -0.4 is 10.2 Å². The van der Waals surface area contributed by atoms with Gasteiger partial charge in [0.1, 0.15) is 11.5 Å². The van der Waals surface area contributed by atoms with Gasteiger partial charge < -0.3 is 20.3 Å². The smallest absolute Gasteiger partial charge is 0.404 e. The molecule has 0 aromatic carbocycles. The molecule has 1 saturated carbocycles. The van der Waals surface area contributed by atoms with E-state index in [1.807, 2.05) is 24.5 Å². The maximum atomic E-state index is 10.8. The molecular formula is C18H21N5O2. The fourth-order valence-corrected chi connectivity index (χ4v) is 3.14. The highest BCUT2D eigenvalue weighted by Crippen LogP contribution is 2.32. The summed E-state index contributed by atoms with van der Waals surface area (Å²) in [6.07, 6.45) is 9.78. The lowest BCUT2D eigenvalue weighted by Gasteiger charge is -2.19. The summed E-state index contributed by atoms with van der Waals surface area (Å²) in [6, 6.07) is 3.89. The van der Waals surface area contributed by atoms with E-state index in [2.05, 4.69) is 25.2 Å². The van der Waals surface area contributed by atoms with Crippen LogP contribution in [0.15, 0.2) is 30.7 Å². The summed E-state index contributed by atoms with van der Waals surface area (Å²) in [5, 5.41) is 14.5. The first kappa shape index (κ1) is 15.7. The molecule has 2 aliphatic rings. The zero-order chi connectivity index (χ0) is 17.2. The first-order valence-corrected chi connectivity index (χ1v) is 8.67. The first-order chi connectivity index (χ1) is 12.2. The molecule has 1 amide bonds. The Morgan fingerprint density at radius 2 is 2.12 bits per heavy atom. The van der Waals surface area contributed by atoms with Crippen LogP contribution in [0.5, 0.6) is 0 Å². The zero-order valence-electron chi connectivity index (χ0n) is 13.9. The van der Waals surface area contributed by atoms with Gasteiger partial charge in [0, 0.05) is 47.8 Å². The number of hydrogen-bond acceptors (Lipinski definition) is 4. The van der Waals surface area contributed by atoms with Crippen molar-refractivity contribution in [3.05, 3.63) is 30.7 Å². The lowest BCUT2D eigenvalue weighted by Crippen LogP contribution is -2.36. The molecule has 25 heavy (non-hydrogen) atoms. The highest BCUT2D eigenvalue weighted by Gasteiger charge is 2.26. The number of nitrogens with one attached hydrogen (secondary N) is 2. The van der Waals surface area contributed by atoms with E-state index in [0.29, 0.717) is 6.54 Å². The molecule has 7 heteroatoms. The Kier molecular flexibility index (Phi) is 4.13. The number of fused-ring (bicyclic) bond motifs is 3. The highest BCUT2D eigenvalue weighted by molar-refractivity contribution is 6.10. The van der Waals surface area contributed by atoms with Crippen LogP contribution in [0.1, 0.15) is 25.7 Å². The number of hydrogen-bond donors (Lipinski definition) is 3. The van der Waals surface area contributed by atoms with Gasteiger partial charge in [0.25, 0.3) is 0 Å². The Balaban J connectivity index is 0.000000474. The summed E-state index contributed by atoms with van der Waals surface area (Å²) in [5.41, 5.74) is 0.834. The minimum atomic E-state index is -0.977. The summed E-state index contributed by atoms with van der Waals surface area (Å²) in [5.74, 6) is 0.888. The second-order valence-electron chi connectivity index (χ2n) is 6.54. The molecule has 1 aliphatic carbocycles. The quantitative estimate of drug-likeness (QED) is 0.667. The van der Waals surface area contributed by atoms with Crippen LogP contribution in [0.4, 0.5) is 10.6 Å². The van der Waals surface area contributed by atoms with Gasteiger partial charge in [-0.25, -0.2) is 14.8 Å². The third kappa shape index (κ3) is 3.35. The first-order valence-electron chi connectivity index (χ1n) is 8.67. The van der Waals surface area contributed by atoms with Gasteiger partial charge in [0.2, 0.25) is 0 Å². The van der Waals surface area contributed by atoms with Gasteiger partial charge in [-0.2, -0.15) is 0 Å². The Morgan fingerprint density at radius 1 is 1.28 bits per heavy atom. The molecule has 5 rings (SSSR count). The number of amides is 1. The largest absolute Gasteiger partial charge is 0.465 e. The molecule has 1 saturated heterocycles. The number of H-pyrrole nitrogens is 1. The van der Waals surface area contributed by atoms with Gasteiger partial charge in [0.05, 0.1) is 6.04 Å². The van der Waals surface area contributed by atoms with Crippen molar-refractivity contribution in [1.29, 1.82) is 0 Å². The van der Waals surface area contributed by atoms with Crippen LogP contribution in [0.3, 0.4) is 0 Å². The molecule has 3 aromatic heterocycles. The van der Waals surface area contributed by atoms with Crippen LogP contribution >= 0.6 is 0 Å². The molecule has 0 spiro atoms. The molecule has 1 unspecified atom stereocenters. The molecule has 7 nitrogen and oxygen atoms in total. The molecule has 1 aliphatic heterocycles. The summed E-state index contributed by atoms with van der Waals surface area (Å²) >= 11 is 0. The Morgan fingerprint density at radius 3 is 2.88 bits per heavy atom. The molecule has 3 N–H and O–H groups in total. The summed E-state index contributed by atoms with van der Waals surface area (Å²) in [4.78, 5) is 25.0. The zero-order valence-corrected chi connectivity index (χ0v) is 13.9. The Bertz CT molecular complexity index is 902. The van der Waals surface area contributed by atoms with Crippen molar-refractivity contribution in [2.45, 2.75) is 31.7 Å². The molecule has 4 heterocycles. The average molecular weight is 339 g/mol. The minimum absolute atomic E-state index is 0.0573.